The lowest BCUT2D eigenvalue weighted by Gasteiger charge is -2.23. The summed E-state index contributed by atoms with van der Waals surface area (Å²) < 4.78 is 5.59. The summed E-state index contributed by atoms with van der Waals surface area (Å²) in [6.45, 7) is 4.41. The second-order valence-corrected chi connectivity index (χ2v) is 3.53. The van der Waals surface area contributed by atoms with Gasteiger partial charge in [-0.1, -0.05) is 0 Å². The molecule has 3 N–H and O–H groups in total. The van der Waals surface area contributed by atoms with Gasteiger partial charge in [0.05, 0.1) is 12.3 Å². The number of nitrogens with zero attached hydrogens (tertiary/aromatic N) is 1. The first-order valence-corrected chi connectivity index (χ1v) is 4.82. The topological polar surface area (TPSA) is 60.2 Å². The van der Waals surface area contributed by atoms with Crippen molar-refractivity contribution in [3.63, 3.8) is 0 Å². The SMILES string of the molecule is Cc1cc(N)cc(C2CNCCO2)n1. The molecule has 1 unspecified atom stereocenters. The van der Waals surface area contributed by atoms with Gasteiger partial charge in [0, 0.05) is 24.5 Å². The predicted molar refractivity (Wildman–Crippen MR) is 54.9 cm³/mol. The summed E-state index contributed by atoms with van der Waals surface area (Å²) in [7, 11) is 0. The Morgan fingerprint density at radius 1 is 1.57 bits per heavy atom. The summed E-state index contributed by atoms with van der Waals surface area (Å²) in [6.07, 6.45) is 0.0472. The van der Waals surface area contributed by atoms with Crippen molar-refractivity contribution < 1.29 is 4.74 Å². The Bertz CT molecular complexity index is 301. The Morgan fingerprint density at radius 3 is 3.07 bits per heavy atom. The van der Waals surface area contributed by atoms with Crippen LogP contribution in [0.25, 0.3) is 0 Å². The van der Waals surface area contributed by atoms with E-state index in [4.69, 9.17) is 10.5 Å². The monoisotopic (exact) mass is 193 g/mol. The Hall–Kier alpha value is -1.13. The molecule has 1 aliphatic heterocycles. The number of morpholine rings is 1. The van der Waals surface area contributed by atoms with E-state index in [1.54, 1.807) is 0 Å². The summed E-state index contributed by atoms with van der Waals surface area (Å²) >= 11 is 0. The van der Waals surface area contributed by atoms with Crippen LogP contribution in [0.5, 0.6) is 0 Å². The maximum atomic E-state index is 5.75. The smallest absolute Gasteiger partial charge is 0.112 e. The molecular formula is C10H15N3O. The number of hydrogen-bond donors (Lipinski definition) is 2. The summed E-state index contributed by atoms with van der Waals surface area (Å²) in [5.74, 6) is 0. The molecule has 0 bridgehead atoms. The van der Waals surface area contributed by atoms with Crippen molar-refractivity contribution in [2.24, 2.45) is 0 Å². The number of nitrogens with two attached hydrogens (primary N) is 1. The highest BCUT2D eigenvalue weighted by molar-refractivity contribution is 5.40. The largest absolute Gasteiger partial charge is 0.399 e. The number of aromatic nitrogens is 1. The molecule has 4 nitrogen and oxygen atoms in total. The zero-order chi connectivity index (χ0) is 9.97. The van der Waals surface area contributed by atoms with E-state index in [0.717, 1.165) is 36.8 Å². The highest BCUT2D eigenvalue weighted by Gasteiger charge is 2.17. The fraction of sp³-hybridized carbons (Fsp3) is 0.500. The van der Waals surface area contributed by atoms with Gasteiger partial charge in [0.15, 0.2) is 0 Å². The lowest BCUT2D eigenvalue weighted by Crippen LogP contribution is -2.33. The van der Waals surface area contributed by atoms with Crippen LogP contribution in [0.4, 0.5) is 5.69 Å². The number of pyridine rings is 1. The average molecular weight is 193 g/mol. The standard InChI is InChI=1S/C10H15N3O/c1-7-4-8(11)5-9(13-7)10-6-12-2-3-14-10/h4-5,10,12H,2-3,6H2,1H3,(H2,11,13). The van der Waals surface area contributed by atoms with Crippen molar-refractivity contribution in [2.75, 3.05) is 25.4 Å². The van der Waals surface area contributed by atoms with Crippen molar-refractivity contribution in [1.29, 1.82) is 0 Å². The molecule has 1 aromatic heterocycles. The molecule has 0 amide bonds. The Balaban J connectivity index is 2.21. The highest BCUT2D eigenvalue weighted by Crippen LogP contribution is 2.19. The highest BCUT2D eigenvalue weighted by atomic mass is 16.5. The molecule has 1 saturated heterocycles. The normalized spacial score (nSPS) is 22.2. The first kappa shape index (κ1) is 9.43. The third-order valence-corrected chi connectivity index (χ3v) is 2.25. The van der Waals surface area contributed by atoms with Crippen LogP contribution in [0.1, 0.15) is 17.5 Å². The molecule has 2 rings (SSSR count). The zero-order valence-corrected chi connectivity index (χ0v) is 8.29. The van der Waals surface area contributed by atoms with E-state index in [9.17, 15) is 0 Å². The van der Waals surface area contributed by atoms with Gasteiger partial charge in [0.1, 0.15) is 6.10 Å². The zero-order valence-electron chi connectivity index (χ0n) is 8.29. The van der Waals surface area contributed by atoms with Gasteiger partial charge in [-0.2, -0.15) is 0 Å². The van der Waals surface area contributed by atoms with Crippen molar-refractivity contribution in [3.05, 3.63) is 23.5 Å². The Morgan fingerprint density at radius 2 is 2.43 bits per heavy atom. The molecule has 4 heteroatoms. The van der Waals surface area contributed by atoms with E-state index in [1.165, 1.54) is 0 Å². The number of nitrogen functional groups attached to an aromatic ring is 1. The van der Waals surface area contributed by atoms with Gasteiger partial charge in [0.2, 0.25) is 0 Å². The van der Waals surface area contributed by atoms with Crippen LogP contribution >= 0.6 is 0 Å². The molecule has 0 aromatic carbocycles. The molecule has 2 heterocycles. The number of nitrogens with one attached hydrogen (secondary N) is 1. The predicted octanol–water partition coefficient (Wildman–Crippen LogP) is 0.633. The van der Waals surface area contributed by atoms with Crippen molar-refractivity contribution in [1.82, 2.24) is 10.3 Å². The Labute approximate surface area is 83.5 Å². The van der Waals surface area contributed by atoms with Crippen molar-refractivity contribution >= 4 is 5.69 Å². The van der Waals surface area contributed by atoms with Gasteiger partial charge in [-0.3, -0.25) is 4.98 Å². The number of rotatable bonds is 1. The van der Waals surface area contributed by atoms with Crippen molar-refractivity contribution in [2.45, 2.75) is 13.0 Å². The minimum Gasteiger partial charge on any atom is -0.399 e. The first-order chi connectivity index (χ1) is 6.75. The van der Waals surface area contributed by atoms with Crippen LogP contribution in [0.15, 0.2) is 12.1 Å². The molecule has 0 aliphatic carbocycles. The number of aryl methyl sites for hydroxylation is 1. The van der Waals surface area contributed by atoms with Crippen LogP contribution in [-0.2, 0) is 4.74 Å². The van der Waals surface area contributed by atoms with Crippen LogP contribution < -0.4 is 11.1 Å². The second-order valence-electron chi connectivity index (χ2n) is 3.53. The molecule has 0 spiro atoms. The maximum absolute atomic E-state index is 5.75. The molecule has 76 valence electrons. The fourth-order valence-corrected chi connectivity index (χ4v) is 1.64. The van der Waals surface area contributed by atoms with E-state index in [-0.39, 0.29) is 6.10 Å². The molecule has 1 aromatic rings. The summed E-state index contributed by atoms with van der Waals surface area (Å²) in [5, 5.41) is 3.27. The minimum atomic E-state index is 0.0472. The molecule has 1 atom stereocenters. The summed E-state index contributed by atoms with van der Waals surface area (Å²) in [6, 6.07) is 3.74. The number of ether oxygens (including phenoxy) is 1. The van der Waals surface area contributed by atoms with Crippen LogP contribution in [0, 0.1) is 6.92 Å². The molecule has 0 radical (unpaired) electrons. The van der Waals surface area contributed by atoms with Gasteiger partial charge in [-0.25, -0.2) is 0 Å². The third kappa shape index (κ3) is 2.02. The number of anilines is 1. The lowest BCUT2D eigenvalue weighted by atomic mass is 10.2. The van der Waals surface area contributed by atoms with Crippen LogP contribution in [0.3, 0.4) is 0 Å². The average Bonchev–Trinajstić information content (AvgIpc) is 2.18. The van der Waals surface area contributed by atoms with Crippen LogP contribution in [-0.4, -0.2) is 24.7 Å². The third-order valence-electron chi connectivity index (χ3n) is 2.25. The van der Waals surface area contributed by atoms with E-state index in [1.807, 2.05) is 19.1 Å². The van der Waals surface area contributed by atoms with E-state index in [2.05, 4.69) is 10.3 Å². The van der Waals surface area contributed by atoms with E-state index >= 15 is 0 Å². The van der Waals surface area contributed by atoms with Gasteiger partial charge < -0.3 is 15.8 Å². The molecule has 0 saturated carbocycles. The van der Waals surface area contributed by atoms with E-state index < -0.39 is 0 Å². The molecule has 14 heavy (non-hydrogen) atoms. The Kier molecular flexibility index (Phi) is 2.65. The van der Waals surface area contributed by atoms with Gasteiger partial charge in [-0.15, -0.1) is 0 Å². The second kappa shape index (κ2) is 3.94. The van der Waals surface area contributed by atoms with Crippen LogP contribution in [0.2, 0.25) is 0 Å². The van der Waals surface area contributed by atoms with Gasteiger partial charge in [0.25, 0.3) is 0 Å². The fourth-order valence-electron chi connectivity index (χ4n) is 1.64. The lowest BCUT2D eigenvalue weighted by molar-refractivity contribution is 0.0250. The quantitative estimate of drug-likeness (QED) is 0.687. The van der Waals surface area contributed by atoms with Gasteiger partial charge >= 0.3 is 0 Å². The maximum Gasteiger partial charge on any atom is 0.112 e. The minimum absolute atomic E-state index is 0.0472. The summed E-state index contributed by atoms with van der Waals surface area (Å²) in [5.41, 5.74) is 8.37. The number of hydrogen-bond acceptors (Lipinski definition) is 4. The molecular weight excluding hydrogens is 178 g/mol. The van der Waals surface area contributed by atoms with E-state index in [0.29, 0.717) is 0 Å². The summed E-state index contributed by atoms with van der Waals surface area (Å²) in [4.78, 5) is 4.41. The first-order valence-electron chi connectivity index (χ1n) is 4.82. The molecule has 1 fully saturated rings. The molecule has 1 aliphatic rings. The van der Waals surface area contributed by atoms with Crippen molar-refractivity contribution in [3.8, 4) is 0 Å². The van der Waals surface area contributed by atoms with Gasteiger partial charge in [-0.05, 0) is 19.1 Å².